The number of phenolic OH excluding ortho intramolecular Hbond substituents is 1. The maximum atomic E-state index is 12.7. The molecule has 7 heteroatoms. The highest BCUT2D eigenvalue weighted by molar-refractivity contribution is 5.90. The molecule has 3 aromatic carbocycles. The van der Waals surface area contributed by atoms with Gasteiger partial charge in [0.15, 0.2) is 0 Å². The Labute approximate surface area is 214 Å². The van der Waals surface area contributed by atoms with E-state index >= 15 is 0 Å². The van der Waals surface area contributed by atoms with Crippen molar-refractivity contribution < 1.29 is 24.5 Å². The fourth-order valence-electron chi connectivity index (χ4n) is 5.13. The van der Waals surface area contributed by atoms with E-state index in [1.807, 2.05) is 75.4 Å². The quantitative estimate of drug-likeness (QED) is 0.330. The molecule has 7 nitrogen and oxygen atoms in total. The van der Waals surface area contributed by atoms with Gasteiger partial charge in [0.05, 0.1) is 0 Å². The molecule has 5 rings (SSSR count). The zero-order valence-electron chi connectivity index (χ0n) is 20.9. The molecule has 1 aliphatic carbocycles. The number of aryl methyl sites for hydroxylation is 1. The van der Waals surface area contributed by atoms with Crippen LogP contribution in [0.3, 0.4) is 0 Å². The van der Waals surface area contributed by atoms with E-state index in [-0.39, 0.29) is 24.7 Å². The summed E-state index contributed by atoms with van der Waals surface area (Å²) in [4.78, 5) is 29.1. The number of phenols is 1. The number of aromatic hydroxyl groups is 1. The summed E-state index contributed by atoms with van der Waals surface area (Å²) in [6, 6.07) is 18.3. The van der Waals surface area contributed by atoms with Gasteiger partial charge in [-0.25, -0.2) is 14.6 Å². The summed E-state index contributed by atoms with van der Waals surface area (Å²) in [5.41, 5.74) is 7.97. The lowest BCUT2D eigenvalue weighted by atomic mass is 9.97. The molecule has 188 valence electrons. The Morgan fingerprint density at radius 1 is 0.919 bits per heavy atom. The van der Waals surface area contributed by atoms with E-state index < -0.39 is 18.1 Å². The fourth-order valence-corrected chi connectivity index (χ4v) is 5.13. The Bertz CT molecular complexity index is 1500. The molecule has 0 saturated carbocycles. The Hall–Kier alpha value is -4.39. The summed E-state index contributed by atoms with van der Waals surface area (Å²) in [5.74, 6) is -1.24. The minimum Gasteiger partial charge on any atom is -0.505 e. The average molecular weight is 497 g/mol. The number of nitrogens with one attached hydrogen (secondary N) is 1. The van der Waals surface area contributed by atoms with Gasteiger partial charge in [0.25, 0.3) is 0 Å². The van der Waals surface area contributed by atoms with Gasteiger partial charge in [0.1, 0.15) is 23.9 Å². The lowest BCUT2D eigenvalue weighted by Crippen LogP contribution is -2.43. The molecule has 0 radical (unpaired) electrons. The van der Waals surface area contributed by atoms with E-state index in [0.29, 0.717) is 11.2 Å². The molecule has 4 aromatic rings. The van der Waals surface area contributed by atoms with Crippen LogP contribution in [-0.4, -0.2) is 39.9 Å². The number of pyridine rings is 1. The molecule has 0 fully saturated rings. The largest absolute Gasteiger partial charge is 0.505 e. The SMILES string of the molecule is Cc1c(C)c(O)c2nc(C[C@H](NC(=O)OCC3c4ccccc4-c4ccccc43)C(=O)O)ccc2c1C. The van der Waals surface area contributed by atoms with Gasteiger partial charge in [0, 0.05) is 23.4 Å². The number of hydrogen-bond acceptors (Lipinski definition) is 5. The zero-order chi connectivity index (χ0) is 26.3. The van der Waals surface area contributed by atoms with Crippen LogP contribution in [0.5, 0.6) is 5.75 Å². The third-order valence-electron chi connectivity index (χ3n) is 7.41. The fraction of sp³-hybridized carbons (Fsp3) is 0.233. The summed E-state index contributed by atoms with van der Waals surface area (Å²) < 4.78 is 5.52. The Morgan fingerprint density at radius 3 is 2.16 bits per heavy atom. The summed E-state index contributed by atoms with van der Waals surface area (Å²) in [7, 11) is 0. The van der Waals surface area contributed by atoms with E-state index in [2.05, 4.69) is 10.3 Å². The Balaban J connectivity index is 1.31. The topological polar surface area (TPSA) is 109 Å². The number of nitrogens with zero attached hydrogens (tertiary/aromatic N) is 1. The van der Waals surface area contributed by atoms with Gasteiger partial charge in [0.2, 0.25) is 0 Å². The number of ether oxygens (including phenoxy) is 1. The molecule has 1 amide bonds. The molecule has 1 aliphatic rings. The second-order valence-electron chi connectivity index (χ2n) is 9.49. The number of carboxylic acids is 1. The standard InChI is InChI=1S/C30H28N2O5/c1-16-17(2)20-13-12-19(31-27(20)28(33)18(16)3)14-26(29(34)35)32-30(36)37-15-25-23-10-6-4-8-21(23)22-9-5-7-11-24(22)25/h4-13,25-26,33H,14-15H2,1-3H3,(H,32,36)(H,34,35)/t26-/m0/s1. The number of carboxylic acid groups (broad SMARTS) is 1. The molecule has 1 aromatic heterocycles. The van der Waals surface area contributed by atoms with Gasteiger partial charge in [-0.3, -0.25) is 0 Å². The van der Waals surface area contributed by atoms with Gasteiger partial charge >= 0.3 is 12.1 Å². The minimum absolute atomic E-state index is 0.0547. The molecular weight excluding hydrogens is 468 g/mol. The first kappa shape index (κ1) is 24.3. The van der Waals surface area contributed by atoms with Crippen molar-refractivity contribution in [1.29, 1.82) is 0 Å². The predicted molar refractivity (Wildman–Crippen MR) is 141 cm³/mol. The lowest BCUT2D eigenvalue weighted by Gasteiger charge is -2.18. The maximum absolute atomic E-state index is 12.7. The summed E-state index contributed by atoms with van der Waals surface area (Å²) >= 11 is 0. The number of aromatic nitrogens is 1. The average Bonchev–Trinajstić information content (AvgIpc) is 3.22. The van der Waals surface area contributed by atoms with Crippen molar-refractivity contribution in [2.75, 3.05) is 6.61 Å². The van der Waals surface area contributed by atoms with Crippen molar-refractivity contribution in [1.82, 2.24) is 10.3 Å². The normalized spacial score (nSPS) is 13.2. The molecule has 0 aliphatic heterocycles. The van der Waals surface area contributed by atoms with E-state index in [1.54, 1.807) is 6.07 Å². The van der Waals surface area contributed by atoms with Crippen LogP contribution in [0.4, 0.5) is 4.79 Å². The molecular formula is C30H28N2O5. The predicted octanol–water partition coefficient (Wildman–Crippen LogP) is 5.40. The third kappa shape index (κ3) is 4.37. The van der Waals surface area contributed by atoms with Gasteiger partial charge in [-0.15, -0.1) is 0 Å². The molecule has 0 spiro atoms. The van der Waals surface area contributed by atoms with Crippen LogP contribution in [-0.2, 0) is 16.0 Å². The molecule has 1 atom stereocenters. The summed E-state index contributed by atoms with van der Waals surface area (Å²) in [6.45, 7) is 5.82. The molecule has 37 heavy (non-hydrogen) atoms. The van der Waals surface area contributed by atoms with Gasteiger partial charge in [-0.05, 0) is 65.8 Å². The van der Waals surface area contributed by atoms with Crippen molar-refractivity contribution in [3.05, 3.63) is 94.2 Å². The van der Waals surface area contributed by atoms with Crippen LogP contribution < -0.4 is 5.32 Å². The first-order valence-electron chi connectivity index (χ1n) is 12.2. The zero-order valence-corrected chi connectivity index (χ0v) is 20.9. The Kier molecular flexibility index (Phi) is 6.29. The van der Waals surface area contributed by atoms with Crippen LogP contribution in [0.1, 0.15) is 39.4 Å². The second-order valence-corrected chi connectivity index (χ2v) is 9.49. The molecule has 1 heterocycles. The second kappa shape index (κ2) is 9.58. The number of carbonyl (C=O) groups excluding carboxylic acids is 1. The van der Waals surface area contributed by atoms with Gasteiger partial charge < -0.3 is 20.3 Å². The number of rotatable bonds is 6. The molecule has 0 saturated heterocycles. The van der Waals surface area contributed by atoms with E-state index in [9.17, 15) is 19.8 Å². The first-order chi connectivity index (χ1) is 17.8. The highest BCUT2D eigenvalue weighted by atomic mass is 16.5. The number of hydrogen-bond donors (Lipinski definition) is 3. The molecule has 0 bridgehead atoms. The van der Waals surface area contributed by atoms with Crippen LogP contribution in [0.25, 0.3) is 22.0 Å². The lowest BCUT2D eigenvalue weighted by molar-refractivity contribution is -0.139. The van der Waals surface area contributed by atoms with Crippen molar-refractivity contribution in [3.8, 4) is 16.9 Å². The number of benzene rings is 3. The van der Waals surface area contributed by atoms with Crippen LogP contribution in [0, 0.1) is 20.8 Å². The highest BCUT2D eigenvalue weighted by Gasteiger charge is 2.30. The van der Waals surface area contributed by atoms with Crippen molar-refractivity contribution >= 4 is 23.0 Å². The molecule has 0 unspecified atom stereocenters. The van der Waals surface area contributed by atoms with Crippen molar-refractivity contribution in [2.45, 2.75) is 39.2 Å². The van der Waals surface area contributed by atoms with Crippen LogP contribution >= 0.6 is 0 Å². The maximum Gasteiger partial charge on any atom is 0.407 e. The summed E-state index contributed by atoms with van der Waals surface area (Å²) in [5, 5.41) is 23.7. The van der Waals surface area contributed by atoms with E-state index in [0.717, 1.165) is 44.3 Å². The van der Waals surface area contributed by atoms with E-state index in [4.69, 9.17) is 4.74 Å². The number of fused-ring (bicyclic) bond motifs is 4. The Morgan fingerprint density at radius 2 is 1.54 bits per heavy atom. The van der Waals surface area contributed by atoms with Gasteiger partial charge in [-0.1, -0.05) is 54.6 Å². The molecule has 3 N–H and O–H groups in total. The monoisotopic (exact) mass is 496 g/mol. The number of amides is 1. The third-order valence-corrected chi connectivity index (χ3v) is 7.41. The summed E-state index contributed by atoms with van der Waals surface area (Å²) in [6.07, 6.45) is -0.860. The van der Waals surface area contributed by atoms with Crippen molar-refractivity contribution in [2.24, 2.45) is 0 Å². The van der Waals surface area contributed by atoms with E-state index in [1.165, 1.54) is 0 Å². The van der Waals surface area contributed by atoms with Gasteiger partial charge in [-0.2, -0.15) is 0 Å². The van der Waals surface area contributed by atoms with Crippen LogP contribution in [0.2, 0.25) is 0 Å². The van der Waals surface area contributed by atoms with Crippen molar-refractivity contribution in [3.63, 3.8) is 0 Å². The smallest absolute Gasteiger partial charge is 0.407 e. The highest BCUT2D eigenvalue weighted by Crippen LogP contribution is 2.44. The van der Waals surface area contributed by atoms with Crippen LogP contribution in [0.15, 0.2) is 60.7 Å². The number of alkyl carbamates (subject to hydrolysis) is 1. The first-order valence-corrected chi connectivity index (χ1v) is 12.2. The number of carbonyl (C=O) groups is 2. The minimum atomic E-state index is -1.24. The number of aliphatic carboxylic acids is 1.